The fourth-order valence-electron chi connectivity index (χ4n) is 1.90. The number of hydrogen-bond donors (Lipinski definition) is 1. The van der Waals surface area contributed by atoms with Crippen LogP contribution in [-0.4, -0.2) is 34.3 Å². The number of carbonyl (C=O) groups excluding carboxylic acids is 1. The van der Waals surface area contributed by atoms with Crippen molar-refractivity contribution in [3.63, 3.8) is 0 Å². The van der Waals surface area contributed by atoms with Gasteiger partial charge in [-0.1, -0.05) is 0 Å². The van der Waals surface area contributed by atoms with Crippen LogP contribution >= 0.6 is 0 Å². The minimum Gasteiger partial charge on any atom is -0.493 e. The zero-order chi connectivity index (χ0) is 16.8. The Bertz CT molecular complexity index is 713. The van der Waals surface area contributed by atoms with Crippen molar-refractivity contribution in [3.8, 4) is 11.5 Å². The topological polar surface area (TPSA) is 109 Å². The first-order valence-electron chi connectivity index (χ1n) is 6.82. The molecule has 0 fully saturated rings. The lowest BCUT2D eigenvalue weighted by Gasteiger charge is -2.11. The number of hydrogen-bond acceptors (Lipinski definition) is 6. The third-order valence-corrected chi connectivity index (χ3v) is 2.87. The molecule has 9 nitrogen and oxygen atoms in total. The predicted octanol–water partition coefficient (Wildman–Crippen LogP) is 1.84. The lowest BCUT2D eigenvalue weighted by molar-refractivity contribution is -0.389. The van der Waals surface area contributed by atoms with Gasteiger partial charge in [0.2, 0.25) is 5.91 Å². The van der Waals surface area contributed by atoms with E-state index in [-0.39, 0.29) is 18.3 Å². The van der Waals surface area contributed by atoms with Gasteiger partial charge in [-0.3, -0.25) is 4.79 Å². The summed E-state index contributed by atoms with van der Waals surface area (Å²) in [6.45, 7) is 2.22. The minimum absolute atomic E-state index is 0.136. The van der Waals surface area contributed by atoms with Gasteiger partial charge in [0, 0.05) is 11.8 Å². The summed E-state index contributed by atoms with van der Waals surface area (Å²) in [5.74, 6) is 0.407. The Morgan fingerprint density at radius 2 is 2.17 bits per heavy atom. The number of rotatable bonds is 7. The molecule has 122 valence electrons. The summed E-state index contributed by atoms with van der Waals surface area (Å²) >= 11 is 0. The van der Waals surface area contributed by atoms with Crippen molar-refractivity contribution in [2.75, 3.05) is 19.0 Å². The van der Waals surface area contributed by atoms with Gasteiger partial charge in [0.15, 0.2) is 11.5 Å². The van der Waals surface area contributed by atoms with E-state index >= 15 is 0 Å². The van der Waals surface area contributed by atoms with E-state index in [1.165, 1.54) is 24.1 Å². The summed E-state index contributed by atoms with van der Waals surface area (Å²) in [6.07, 6.45) is 1.37. The van der Waals surface area contributed by atoms with Crippen LogP contribution in [0.25, 0.3) is 0 Å². The van der Waals surface area contributed by atoms with Crippen LogP contribution in [0.4, 0.5) is 11.5 Å². The number of benzene rings is 1. The molecule has 0 spiro atoms. The van der Waals surface area contributed by atoms with Crippen LogP contribution in [-0.2, 0) is 11.3 Å². The Morgan fingerprint density at radius 1 is 1.39 bits per heavy atom. The highest BCUT2D eigenvalue weighted by Gasteiger charge is 2.14. The Labute approximate surface area is 132 Å². The fraction of sp³-hybridized carbons (Fsp3) is 0.286. The molecule has 0 saturated heterocycles. The van der Waals surface area contributed by atoms with Crippen molar-refractivity contribution in [3.05, 3.63) is 40.6 Å². The largest absolute Gasteiger partial charge is 0.493 e. The van der Waals surface area contributed by atoms with Gasteiger partial charge in [-0.05, 0) is 24.0 Å². The summed E-state index contributed by atoms with van der Waals surface area (Å²) in [5, 5.41) is 16.9. The fourth-order valence-corrected chi connectivity index (χ4v) is 1.90. The van der Waals surface area contributed by atoms with E-state index in [2.05, 4.69) is 10.4 Å². The summed E-state index contributed by atoms with van der Waals surface area (Å²) in [4.78, 5) is 21.9. The molecule has 23 heavy (non-hydrogen) atoms. The third-order valence-electron chi connectivity index (χ3n) is 2.87. The molecule has 2 rings (SSSR count). The maximum Gasteiger partial charge on any atom is 0.389 e. The number of aromatic nitrogens is 2. The standard InChI is InChI=1S/C14H16N4O5/c1-3-23-11-5-4-10(8-12(11)22-2)15-14(19)9-17-7-6-13(16-17)18(20)21/h4-8H,3,9H2,1-2H3,(H,15,19). The van der Waals surface area contributed by atoms with Gasteiger partial charge >= 0.3 is 5.82 Å². The van der Waals surface area contributed by atoms with E-state index < -0.39 is 4.92 Å². The molecule has 0 unspecified atom stereocenters. The van der Waals surface area contributed by atoms with Gasteiger partial charge in [-0.25, -0.2) is 0 Å². The smallest absolute Gasteiger partial charge is 0.389 e. The predicted molar refractivity (Wildman–Crippen MR) is 81.7 cm³/mol. The van der Waals surface area contributed by atoms with Crippen LogP contribution in [0.5, 0.6) is 11.5 Å². The highest BCUT2D eigenvalue weighted by atomic mass is 16.6. The van der Waals surface area contributed by atoms with Gasteiger partial charge in [-0.2, -0.15) is 4.68 Å². The molecule has 0 bridgehead atoms. The first kappa shape index (κ1) is 16.3. The molecule has 1 N–H and O–H groups in total. The van der Waals surface area contributed by atoms with Gasteiger partial charge in [0.25, 0.3) is 0 Å². The molecule has 0 aliphatic heterocycles. The van der Waals surface area contributed by atoms with Crippen LogP contribution in [0.3, 0.4) is 0 Å². The highest BCUT2D eigenvalue weighted by Crippen LogP contribution is 2.30. The van der Waals surface area contributed by atoms with Crippen LogP contribution in [0.1, 0.15) is 6.92 Å². The molecule has 1 amide bonds. The summed E-state index contributed by atoms with van der Waals surface area (Å²) < 4.78 is 11.8. The lowest BCUT2D eigenvalue weighted by Crippen LogP contribution is -2.19. The third kappa shape index (κ3) is 4.19. The molecule has 9 heteroatoms. The molecule has 0 aliphatic rings. The van der Waals surface area contributed by atoms with Crippen molar-refractivity contribution in [1.29, 1.82) is 0 Å². The number of amides is 1. The van der Waals surface area contributed by atoms with E-state index in [4.69, 9.17) is 9.47 Å². The SMILES string of the molecule is CCOc1ccc(NC(=O)Cn2ccc([N+](=O)[O-])n2)cc1OC. The second kappa shape index (κ2) is 7.25. The Balaban J connectivity index is 2.03. The van der Waals surface area contributed by atoms with Crippen molar-refractivity contribution in [1.82, 2.24) is 9.78 Å². The van der Waals surface area contributed by atoms with E-state index in [1.807, 2.05) is 6.92 Å². The average Bonchev–Trinajstić information content (AvgIpc) is 2.97. The van der Waals surface area contributed by atoms with Crippen molar-refractivity contribution < 1.29 is 19.2 Å². The average molecular weight is 320 g/mol. The molecule has 0 aliphatic carbocycles. The van der Waals surface area contributed by atoms with Crippen LogP contribution in [0, 0.1) is 10.1 Å². The van der Waals surface area contributed by atoms with Crippen LogP contribution < -0.4 is 14.8 Å². The number of carbonyl (C=O) groups is 1. The summed E-state index contributed by atoms with van der Waals surface area (Å²) in [7, 11) is 1.51. The quantitative estimate of drug-likeness (QED) is 0.616. The van der Waals surface area contributed by atoms with E-state index in [1.54, 1.807) is 18.2 Å². The highest BCUT2D eigenvalue weighted by molar-refractivity contribution is 5.90. The maximum absolute atomic E-state index is 12.0. The second-order valence-electron chi connectivity index (χ2n) is 4.48. The minimum atomic E-state index is -0.619. The second-order valence-corrected chi connectivity index (χ2v) is 4.48. The Kier molecular flexibility index (Phi) is 5.13. The molecule has 0 atom stereocenters. The molecule has 0 radical (unpaired) electrons. The molecular weight excluding hydrogens is 304 g/mol. The van der Waals surface area contributed by atoms with E-state index in [0.717, 1.165) is 0 Å². The molecule has 0 saturated carbocycles. The van der Waals surface area contributed by atoms with Gasteiger partial charge < -0.3 is 24.9 Å². The van der Waals surface area contributed by atoms with E-state index in [9.17, 15) is 14.9 Å². The van der Waals surface area contributed by atoms with Crippen molar-refractivity contribution in [2.24, 2.45) is 0 Å². The summed E-state index contributed by atoms with van der Waals surface area (Å²) in [6, 6.07) is 6.23. The normalized spacial score (nSPS) is 10.2. The number of methoxy groups -OCH3 is 1. The van der Waals surface area contributed by atoms with Crippen molar-refractivity contribution in [2.45, 2.75) is 13.5 Å². The van der Waals surface area contributed by atoms with E-state index in [0.29, 0.717) is 23.8 Å². The zero-order valence-electron chi connectivity index (χ0n) is 12.7. The number of nitrogens with zero attached hydrogens (tertiary/aromatic N) is 3. The number of ether oxygens (including phenoxy) is 2. The monoisotopic (exact) mass is 320 g/mol. The zero-order valence-corrected chi connectivity index (χ0v) is 12.7. The van der Waals surface area contributed by atoms with Gasteiger partial charge in [-0.15, -0.1) is 0 Å². The molecule has 1 aromatic heterocycles. The molecule has 2 aromatic rings. The molecule has 1 aromatic carbocycles. The molecule has 1 heterocycles. The maximum atomic E-state index is 12.0. The van der Waals surface area contributed by atoms with Crippen LogP contribution in [0.2, 0.25) is 0 Å². The van der Waals surface area contributed by atoms with Gasteiger partial charge in [0.05, 0.1) is 31.1 Å². The molecular formula is C14H16N4O5. The summed E-state index contributed by atoms with van der Waals surface area (Å²) in [5.41, 5.74) is 0.525. The van der Waals surface area contributed by atoms with Crippen LogP contribution in [0.15, 0.2) is 30.5 Å². The lowest BCUT2D eigenvalue weighted by atomic mass is 10.2. The number of nitro groups is 1. The van der Waals surface area contributed by atoms with Gasteiger partial charge in [0.1, 0.15) is 6.54 Å². The first-order valence-corrected chi connectivity index (χ1v) is 6.82. The Hall–Kier alpha value is -3.10. The number of nitrogens with one attached hydrogen (secondary N) is 1. The Morgan fingerprint density at radius 3 is 2.78 bits per heavy atom. The number of anilines is 1. The van der Waals surface area contributed by atoms with Crippen molar-refractivity contribution >= 4 is 17.4 Å². The first-order chi connectivity index (χ1) is 11.0.